The highest BCUT2D eigenvalue weighted by molar-refractivity contribution is 8.26. The zero-order valence-electron chi connectivity index (χ0n) is 12.1. The van der Waals surface area contributed by atoms with Crippen molar-refractivity contribution in [2.75, 3.05) is 19.8 Å². The van der Waals surface area contributed by atoms with Gasteiger partial charge in [0.2, 0.25) is 0 Å². The van der Waals surface area contributed by atoms with E-state index in [2.05, 4.69) is 4.90 Å². The van der Waals surface area contributed by atoms with Crippen molar-refractivity contribution in [1.82, 2.24) is 9.80 Å². The van der Waals surface area contributed by atoms with Gasteiger partial charge < -0.3 is 0 Å². The van der Waals surface area contributed by atoms with Crippen LogP contribution in [0, 0.1) is 0 Å². The second kappa shape index (κ2) is 7.13. The van der Waals surface area contributed by atoms with E-state index < -0.39 is 0 Å². The van der Waals surface area contributed by atoms with E-state index in [4.69, 9.17) is 23.8 Å². The van der Waals surface area contributed by atoms with E-state index in [9.17, 15) is 4.79 Å². The summed E-state index contributed by atoms with van der Waals surface area (Å²) in [5.74, 6) is 0.00974. The first-order valence-corrected chi connectivity index (χ1v) is 8.97. The van der Waals surface area contributed by atoms with Crippen LogP contribution >= 0.6 is 35.6 Å². The molecule has 2 aliphatic rings. The number of hydrogen-bond donors (Lipinski definition) is 0. The number of thioether (sulfide) groups is 1. The van der Waals surface area contributed by atoms with Crippen LogP contribution in [0.4, 0.5) is 0 Å². The van der Waals surface area contributed by atoms with Crippen LogP contribution in [0.1, 0.15) is 24.8 Å². The van der Waals surface area contributed by atoms with Gasteiger partial charge in [-0.25, -0.2) is 0 Å². The zero-order valence-corrected chi connectivity index (χ0v) is 14.5. The second-order valence-electron chi connectivity index (χ2n) is 5.48. The first kappa shape index (κ1) is 16.0. The van der Waals surface area contributed by atoms with Gasteiger partial charge in [-0.1, -0.05) is 54.1 Å². The fourth-order valence-electron chi connectivity index (χ4n) is 2.63. The number of nitrogens with zero attached hydrogens (tertiary/aromatic N) is 2. The quantitative estimate of drug-likeness (QED) is 0.606. The average Bonchev–Trinajstić information content (AvgIpc) is 2.78. The lowest BCUT2D eigenvalue weighted by molar-refractivity contribution is -0.123. The van der Waals surface area contributed by atoms with Crippen molar-refractivity contribution in [3.8, 4) is 0 Å². The van der Waals surface area contributed by atoms with E-state index >= 15 is 0 Å². The van der Waals surface area contributed by atoms with Crippen molar-refractivity contribution >= 4 is 51.9 Å². The largest absolute Gasteiger partial charge is 0.286 e. The number of rotatable bonds is 3. The minimum Gasteiger partial charge on any atom is -0.286 e. The molecule has 0 N–H and O–H groups in total. The zero-order chi connectivity index (χ0) is 15.5. The smallest absolute Gasteiger partial charge is 0.267 e. The predicted molar refractivity (Wildman–Crippen MR) is 96.8 cm³/mol. The molecule has 1 amide bonds. The minimum absolute atomic E-state index is 0.00974. The van der Waals surface area contributed by atoms with Gasteiger partial charge in [0.05, 0.1) is 11.6 Å². The Kier molecular flexibility index (Phi) is 5.18. The number of carbonyl (C=O) groups excluding carboxylic acids is 1. The van der Waals surface area contributed by atoms with Crippen LogP contribution in [-0.2, 0) is 4.79 Å². The number of amides is 1. The van der Waals surface area contributed by atoms with E-state index in [1.165, 1.54) is 31.0 Å². The van der Waals surface area contributed by atoms with Crippen LogP contribution in [0.25, 0.3) is 6.08 Å². The fourth-order valence-corrected chi connectivity index (χ4v) is 4.00. The molecule has 3 rings (SSSR count). The van der Waals surface area contributed by atoms with Crippen LogP contribution in [0.2, 0.25) is 5.02 Å². The molecule has 0 bridgehead atoms. The number of carbonyl (C=O) groups is 1. The van der Waals surface area contributed by atoms with Gasteiger partial charge in [-0.3, -0.25) is 14.6 Å². The van der Waals surface area contributed by atoms with Crippen molar-refractivity contribution < 1.29 is 4.79 Å². The van der Waals surface area contributed by atoms with E-state index in [1.54, 1.807) is 4.90 Å². The molecule has 0 radical (unpaired) electrons. The van der Waals surface area contributed by atoms with Crippen molar-refractivity contribution in [1.29, 1.82) is 0 Å². The Hall–Kier alpha value is -0.880. The summed E-state index contributed by atoms with van der Waals surface area (Å²) in [4.78, 5) is 17.3. The first-order valence-electron chi connectivity index (χ1n) is 7.37. The van der Waals surface area contributed by atoms with E-state index in [1.807, 2.05) is 30.3 Å². The molecule has 0 unspecified atom stereocenters. The number of benzene rings is 1. The lowest BCUT2D eigenvalue weighted by Crippen LogP contribution is -2.42. The molecule has 1 aromatic rings. The van der Waals surface area contributed by atoms with Gasteiger partial charge in [-0.2, -0.15) is 0 Å². The summed E-state index contributed by atoms with van der Waals surface area (Å²) in [5.41, 5.74) is 0.961. The van der Waals surface area contributed by atoms with Crippen LogP contribution < -0.4 is 0 Å². The Balaban J connectivity index is 1.71. The Bertz CT molecular complexity index is 609. The molecule has 2 fully saturated rings. The maximum absolute atomic E-state index is 12.6. The van der Waals surface area contributed by atoms with Crippen LogP contribution in [0.5, 0.6) is 0 Å². The lowest BCUT2D eigenvalue weighted by atomic mass is 10.1. The highest BCUT2D eigenvalue weighted by Gasteiger charge is 2.33. The third kappa shape index (κ3) is 3.71. The van der Waals surface area contributed by atoms with Crippen molar-refractivity contribution in [2.45, 2.75) is 19.3 Å². The maximum Gasteiger partial charge on any atom is 0.267 e. The number of hydrogen-bond acceptors (Lipinski definition) is 4. The summed E-state index contributed by atoms with van der Waals surface area (Å²) in [6.07, 6.45) is 5.57. The number of halogens is 1. The summed E-state index contributed by atoms with van der Waals surface area (Å²) in [6, 6.07) is 7.45. The number of piperidine rings is 1. The summed E-state index contributed by atoms with van der Waals surface area (Å²) >= 11 is 12.6. The highest BCUT2D eigenvalue weighted by atomic mass is 35.5. The third-order valence-electron chi connectivity index (χ3n) is 3.83. The van der Waals surface area contributed by atoms with E-state index in [-0.39, 0.29) is 5.91 Å². The molecule has 22 heavy (non-hydrogen) atoms. The molecule has 6 heteroatoms. The second-order valence-corrected chi connectivity index (χ2v) is 7.59. The molecule has 0 aliphatic carbocycles. The maximum atomic E-state index is 12.6. The molecule has 0 atom stereocenters. The standard InChI is InChI=1S/C16H17ClN2OS2/c17-13-6-4-12(5-7-13)10-14-15(20)19(16(21)22-14)11-18-8-2-1-3-9-18/h4-7,10H,1-3,8-9,11H2. The van der Waals surface area contributed by atoms with Crippen molar-refractivity contribution in [3.05, 3.63) is 39.8 Å². The summed E-state index contributed by atoms with van der Waals surface area (Å²) in [7, 11) is 0. The summed E-state index contributed by atoms with van der Waals surface area (Å²) in [5, 5.41) is 0.690. The third-order valence-corrected chi connectivity index (χ3v) is 5.46. The first-order chi connectivity index (χ1) is 10.6. The molecule has 2 aliphatic heterocycles. The van der Waals surface area contributed by atoms with Gasteiger partial charge in [0.1, 0.15) is 4.32 Å². The topological polar surface area (TPSA) is 23.6 Å². The van der Waals surface area contributed by atoms with Gasteiger partial charge in [-0.05, 0) is 49.7 Å². The molecule has 116 valence electrons. The molecular weight excluding hydrogens is 336 g/mol. The fraction of sp³-hybridized carbons (Fsp3) is 0.375. The van der Waals surface area contributed by atoms with Crippen LogP contribution in [0.3, 0.4) is 0 Å². The van der Waals surface area contributed by atoms with E-state index in [0.717, 1.165) is 18.7 Å². The Morgan fingerprint density at radius 1 is 1.18 bits per heavy atom. The normalized spacial score (nSPS) is 21.9. The molecule has 2 heterocycles. The average molecular weight is 353 g/mol. The van der Waals surface area contributed by atoms with E-state index in [0.29, 0.717) is 20.9 Å². The highest BCUT2D eigenvalue weighted by Crippen LogP contribution is 2.33. The number of thiocarbonyl (C=S) groups is 1. The Labute approximate surface area is 145 Å². The molecule has 1 aromatic carbocycles. The summed E-state index contributed by atoms with van der Waals surface area (Å²) < 4.78 is 0.649. The lowest BCUT2D eigenvalue weighted by Gasteiger charge is -2.29. The molecular formula is C16H17ClN2OS2. The van der Waals surface area contributed by atoms with Gasteiger partial charge >= 0.3 is 0 Å². The molecule has 0 spiro atoms. The van der Waals surface area contributed by atoms with Gasteiger partial charge in [0.15, 0.2) is 0 Å². The van der Waals surface area contributed by atoms with Gasteiger partial charge in [-0.15, -0.1) is 0 Å². The Morgan fingerprint density at radius 2 is 1.86 bits per heavy atom. The SMILES string of the molecule is O=C1C(=Cc2ccc(Cl)cc2)SC(=S)N1CN1CCCCC1. The van der Waals surface area contributed by atoms with Crippen molar-refractivity contribution in [2.24, 2.45) is 0 Å². The Morgan fingerprint density at radius 3 is 2.55 bits per heavy atom. The minimum atomic E-state index is 0.00974. The van der Waals surface area contributed by atoms with Crippen LogP contribution in [-0.4, -0.2) is 39.8 Å². The molecule has 2 saturated heterocycles. The predicted octanol–water partition coefficient (Wildman–Crippen LogP) is 3.98. The monoisotopic (exact) mass is 352 g/mol. The molecule has 0 aromatic heterocycles. The molecule has 0 saturated carbocycles. The van der Waals surface area contributed by atoms with Crippen LogP contribution in [0.15, 0.2) is 29.2 Å². The number of likely N-dealkylation sites (tertiary alicyclic amines) is 1. The molecule has 3 nitrogen and oxygen atoms in total. The van der Waals surface area contributed by atoms with Crippen molar-refractivity contribution in [3.63, 3.8) is 0 Å². The van der Waals surface area contributed by atoms with Gasteiger partial charge in [0, 0.05) is 5.02 Å². The van der Waals surface area contributed by atoms with Gasteiger partial charge in [0.25, 0.3) is 5.91 Å². The summed E-state index contributed by atoms with van der Waals surface area (Å²) in [6.45, 7) is 2.71.